The van der Waals surface area contributed by atoms with E-state index in [2.05, 4.69) is 27.1 Å². The van der Waals surface area contributed by atoms with Gasteiger partial charge in [-0.2, -0.15) is 0 Å². The number of nitrogens with one attached hydrogen (secondary N) is 1. The predicted octanol–water partition coefficient (Wildman–Crippen LogP) is 2.82. The van der Waals surface area contributed by atoms with Crippen LogP contribution in [0.5, 0.6) is 0 Å². The molecule has 2 rings (SSSR count). The molecule has 0 saturated heterocycles. The summed E-state index contributed by atoms with van der Waals surface area (Å²) in [6.07, 6.45) is 6.57. The molecular weight excluding hydrogens is 252 g/mol. The number of hydrogen-bond acceptors (Lipinski definition) is 5. The monoisotopic (exact) mass is 278 g/mol. The van der Waals surface area contributed by atoms with E-state index in [4.69, 9.17) is 4.74 Å². The lowest BCUT2D eigenvalue weighted by Crippen LogP contribution is -2.37. The lowest BCUT2D eigenvalue weighted by molar-refractivity contribution is 0.178. The van der Waals surface area contributed by atoms with Gasteiger partial charge in [0, 0.05) is 32.8 Å². The van der Waals surface area contributed by atoms with Gasteiger partial charge in [-0.15, -0.1) is 0 Å². The van der Waals surface area contributed by atoms with Crippen molar-refractivity contribution in [2.45, 2.75) is 51.7 Å². The van der Waals surface area contributed by atoms with Crippen LogP contribution in [0.2, 0.25) is 0 Å². The second-order valence-electron chi connectivity index (χ2n) is 5.29. The van der Waals surface area contributed by atoms with Crippen LogP contribution in [0.1, 0.15) is 44.9 Å². The fraction of sp³-hybridized carbons (Fsp3) is 0.733. The van der Waals surface area contributed by atoms with Crippen molar-refractivity contribution in [3.63, 3.8) is 0 Å². The molecule has 1 heterocycles. The molecule has 20 heavy (non-hydrogen) atoms. The van der Waals surface area contributed by atoms with Crippen LogP contribution in [-0.2, 0) is 11.3 Å². The van der Waals surface area contributed by atoms with Crippen molar-refractivity contribution in [3.8, 4) is 0 Å². The van der Waals surface area contributed by atoms with E-state index in [-0.39, 0.29) is 0 Å². The van der Waals surface area contributed by atoms with Crippen LogP contribution in [0.4, 0.5) is 11.6 Å². The molecule has 0 aliphatic heterocycles. The van der Waals surface area contributed by atoms with Gasteiger partial charge < -0.3 is 15.0 Å². The van der Waals surface area contributed by atoms with Gasteiger partial charge in [0.15, 0.2) is 5.82 Å². The maximum atomic E-state index is 5.17. The molecule has 1 N–H and O–H groups in total. The minimum Gasteiger partial charge on any atom is -0.377 e. The average molecular weight is 278 g/mol. The number of aromatic nitrogens is 2. The first-order valence-corrected chi connectivity index (χ1v) is 7.59. The van der Waals surface area contributed by atoms with Crippen LogP contribution < -0.4 is 10.2 Å². The maximum Gasteiger partial charge on any atom is 0.158 e. The van der Waals surface area contributed by atoms with Gasteiger partial charge in [0.05, 0.1) is 0 Å². The SMILES string of the molecule is CCN(c1cc(NC)nc(COC)n1)C1CCCCC1. The Morgan fingerprint density at radius 3 is 2.65 bits per heavy atom. The molecule has 1 aliphatic carbocycles. The highest BCUT2D eigenvalue weighted by atomic mass is 16.5. The van der Waals surface area contributed by atoms with E-state index >= 15 is 0 Å². The Labute approximate surface area is 121 Å². The maximum absolute atomic E-state index is 5.17. The summed E-state index contributed by atoms with van der Waals surface area (Å²) in [5.41, 5.74) is 0. The van der Waals surface area contributed by atoms with E-state index in [0.717, 1.165) is 24.0 Å². The molecule has 0 spiro atoms. The molecule has 1 aromatic heterocycles. The third-order valence-corrected chi connectivity index (χ3v) is 3.94. The standard InChI is InChI=1S/C15H26N4O/c1-4-19(12-8-6-5-7-9-12)15-10-13(16-2)17-14(18-15)11-20-3/h10,12H,4-9,11H2,1-3H3,(H,16,17,18). The number of methoxy groups -OCH3 is 1. The Bertz CT molecular complexity index is 418. The minimum atomic E-state index is 0.449. The van der Waals surface area contributed by atoms with Crippen molar-refractivity contribution in [1.82, 2.24) is 9.97 Å². The van der Waals surface area contributed by atoms with Gasteiger partial charge in [0.1, 0.15) is 18.2 Å². The van der Waals surface area contributed by atoms with Crippen molar-refractivity contribution in [2.24, 2.45) is 0 Å². The van der Waals surface area contributed by atoms with Crippen LogP contribution >= 0.6 is 0 Å². The van der Waals surface area contributed by atoms with Crippen LogP contribution in [0.3, 0.4) is 0 Å². The summed E-state index contributed by atoms with van der Waals surface area (Å²) in [4.78, 5) is 11.5. The first-order valence-electron chi connectivity index (χ1n) is 7.59. The molecule has 0 bridgehead atoms. The quantitative estimate of drug-likeness (QED) is 0.867. The zero-order valence-corrected chi connectivity index (χ0v) is 12.9. The van der Waals surface area contributed by atoms with Crippen LogP contribution in [0.25, 0.3) is 0 Å². The van der Waals surface area contributed by atoms with Gasteiger partial charge in [-0.05, 0) is 19.8 Å². The van der Waals surface area contributed by atoms with Gasteiger partial charge in [-0.3, -0.25) is 0 Å². The summed E-state index contributed by atoms with van der Waals surface area (Å²) in [5, 5.41) is 3.11. The Morgan fingerprint density at radius 2 is 2.05 bits per heavy atom. The van der Waals surface area contributed by atoms with E-state index in [0.29, 0.717) is 12.6 Å². The largest absolute Gasteiger partial charge is 0.377 e. The van der Waals surface area contributed by atoms with Gasteiger partial charge in [-0.1, -0.05) is 19.3 Å². The molecule has 1 fully saturated rings. The Morgan fingerprint density at radius 1 is 1.30 bits per heavy atom. The number of hydrogen-bond donors (Lipinski definition) is 1. The molecule has 1 aromatic rings. The Hall–Kier alpha value is -1.36. The van der Waals surface area contributed by atoms with Crippen molar-refractivity contribution in [3.05, 3.63) is 11.9 Å². The van der Waals surface area contributed by atoms with E-state index < -0.39 is 0 Å². The van der Waals surface area contributed by atoms with E-state index in [9.17, 15) is 0 Å². The number of anilines is 2. The van der Waals surface area contributed by atoms with Crippen molar-refractivity contribution in [1.29, 1.82) is 0 Å². The molecule has 0 radical (unpaired) electrons. The Kier molecular flexibility index (Phi) is 5.59. The third-order valence-electron chi connectivity index (χ3n) is 3.94. The second-order valence-corrected chi connectivity index (χ2v) is 5.29. The van der Waals surface area contributed by atoms with Crippen LogP contribution in [0.15, 0.2) is 6.07 Å². The number of nitrogens with zero attached hydrogens (tertiary/aromatic N) is 3. The van der Waals surface area contributed by atoms with E-state index in [1.807, 2.05) is 13.1 Å². The van der Waals surface area contributed by atoms with Crippen molar-refractivity contribution >= 4 is 11.6 Å². The van der Waals surface area contributed by atoms with Gasteiger partial charge in [-0.25, -0.2) is 9.97 Å². The van der Waals surface area contributed by atoms with E-state index in [1.165, 1.54) is 32.1 Å². The van der Waals surface area contributed by atoms with Gasteiger partial charge >= 0.3 is 0 Å². The summed E-state index contributed by atoms with van der Waals surface area (Å²) < 4.78 is 5.17. The first kappa shape index (κ1) is 15.0. The molecule has 5 heteroatoms. The van der Waals surface area contributed by atoms with Crippen LogP contribution in [-0.4, -0.2) is 36.7 Å². The summed E-state index contributed by atoms with van der Waals surface area (Å²) in [6.45, 7) is 3.63. The molecule has 5 nitrogen and oxygen atoms in total. The highest BCUT2D eigenvalue weighted by molar-refractivity contribution is 5.49. The summed E-state index contributed by atoms with van der Waals surface area (Å²) >= 11 is 0. The molecule has 0 amide bonds. The second kappa shape index (κ2) is 7.43. The number of ether oxygens (including phenoxy) is 1. The number of rotatable bonds is 6. The van der Waals surface area contributed by atoms with Crippen molar-refractivity contribution in [2.75, 3.05) is 30.9 Å². The molecular formula is C15H26N4O. The molecule has 1 saturated carbocycles. The Balaban J connectivity index is 2.24. The summed E-state index contributed by atoms with van der Waals surface area (Å²) in [5.74, 6) is 2.62. The lowest BCUT2D eigenvalue weighted by atomic mass is 9.94. The molecule has 0 aromatic carbocycles. The minimum absolute atomic E-state index is 0.449. The topological polar surface area (TPSA) is 50.3 Å². The normalized spacial score (nSPS) is 16.1. The van der Waals surface area contributed by atoms with E-state index in [1.54, 1.807) is 7.11 Å². The molecule has 1 aliphatic rings. The molecule has 0 unspecified atom stereocenters. The lowest BCUT2D eigenvalue weighted by Gasteiger charge is -2.34. The highest BCUT2D eigenvalue weighted by Gasteiger charge is 2.22. The van der Waals surface area contributed by atoms with Crippen LogP contribution in [0, 0.1) is 0 Å². The van der Waals surface area contributed by atoms with Crippen molar-refractivity contribution < 1.29 is 4.74 Å². The zero-order valence-electron chi connectivity index (χ0n) is 12.9. The molecule has 0 atom stereocenters. The first-order chi connectivity index (χ1) is 9.78. The highest BCUT2D eigenvalue weighted by Crippen LogP contribution is 2.27. The van der Waals surface area contributed by atoms with Gasteiger partial charge in [0.2, 0.25) is 0 Å². The third kappa shape index (κ3) is 3.60. The smallest absolute Gasteiger partial charge is 0.158 e. The fourth-order valence-corrected chi connectivity index (χ4v) is 2.95. The molecule has 112 valence electrons. The van der Waals surface area contributed by atoms with Gasteiger partial charge in [0.25, 0.3) is 0 Å². The fourth-order valence-electron chi connectivity index (χ4n) is 2.95. The zero-order chi connectivity index (χ0) is 14.4. The predicted molar refractivity (Wildman–Crippen MR) is 82.2 cm³/mol. The summed E-state index contributed by atoms with van der Waals surface area (Å²) in [6, 6.07) is 2.65. The average Bonchev–Trinajstić information content (AvgIpc) is 2.49. The summed E-state index contributed by atoms with van der Waals surface area (Å²) in [7, 11) is 3.56.